The summed E-state index contributed by atoms with van der Waals surface area (Å²) in [6.07, 6.45) is 10.4. The number of ether oxygens (including phenoxy) is 2. The molecule has 0 unspecified atom stereocenters. The van der Waals surface area contributed by atoms with Crippen LogP contribution in [0, 0.1) is 11.3 Å². The van der Waals surface area contributed by atoms with Crippen molar-refractivity contribution in [1.29, 1.82) is 5.26 Å². The van der Waals surface area contributed by atoms with E-state index in [9.17, 15) is 0 Å². The Labute approximate surface area is 186 Å². The van der Waals surface area contributed by atoms with E-state index >= 15 is 0 Å². The zero-order chi connectivity index (χ0) is 21.8. The molecule has 1 aromatic carbocycles. The summed E-state index contributed by atoms with van der Waals surface area (Å²) in [5.41, 5.74) is 3.21. The number of rotatable bonds is 5. The molecule has 2 aromatic heterocycles. The quantitative estimate of drug-likeness (QED) is 0.652. The molecule has 2 aliphatic rings. The fraction of sp³-hybridized carbons (Fsp3) is 0.435. The summed E-state index contributed by atoms with van der Waals surface area (Å²) in [5.74, 6) is 1.36. The van der Waals surface area contributed by atoms with Gasteiger partial charge in [-0.2, -0.15) is 5.26 Å². The van der Waals surface area contributed by atoms with Crippen molar-refractivity contribution in [3.05, 3.63) is 42.5 Å². The van der Waals surface area contributed by atoms with Gasteiger partial charge in [-0.1, -0.05) is 0 Å². The Hall–Kier alpha value is -3.51. The predicted molar refractivity (Wildman–Crippen MR) is 120 cm³/mol. The molecule has 1 aliphatic heterocycles. The van der Waals surface area contributed by atoms with Crippen molar-refractivity contribution in [3.63, 3.8) is 0 Å². The van der Waals surface area contributed by atoms with E-state index < -0.39 is 0 Å². The lowest BCUT2D eigenvalue weighted by molar-refractivity contribution is 0.122. The molecule has 0 spiro atoms. The number of nitrogens with one attached hydrogen (secondary N) is 1. The Morgan fingerprint density at radius 2 is 1.75 bits per heavy atom. The number of nitrogens with zero attached hydrogens (tertiary/aromatic N) is 6. The monoisotopic (exact) mass is 431 g/mol. The van der Waals surface area contributed by atoms with Crippen LogP contribution in [0.3, 0.4) is 0 Å². The van der Waals surface area contributed by atoms with Gasteiger partial charge in [-0.15, -0.1) is 0 Å². The molecule has 2 fully saturated rings. The molecule has 0 radical (unpaired) electrons. The third-order valence-electron chi connectivity index (χ3n) is 5.98. The Bertz CT molecular complexity index is 1100. The highest BCUT2D eigenvalue weighted by atomic mass is 16.5. The molecule has 164 valence electrons. The first-order valence-electron chi connectivity index (χ1n) is 11.0. The van der Waals surface area contributed by atoms with Crippen molar-refractivity contribution in [3.8, 4) is 11.8 Å². The van der Waals surface area contributed by atoms with Crippen LogP contribution in [0.2, 0.25) is 0 Å². The number of benzene rings is 1. The predicted octanol–water partition coefficient (Wildman–Crippen LogP) is 2.93. The zero-order valence-electron chi connectivity index (χ0n) is 17.8. The molecular formula is C23H25N7O2. The average Bonchev–Trinajstić information content (AvgIpc) is 2.86. The van der Waals surface area contributed by atoms with Gasteiger partial charge in [-0.25, -0.2) is 15.0 Å². The molecule has 1 N–H and O–H groups in total. The Kier molecular flexibility index (Phi) is 5.94. The number of hydrogen-bond acceptors (Lipinski definition) is 9. The molecule has 3 heterocycles. The normalized spacial score (nSPS) is 21.2. The molecular weight excluding hydrogens is 406 g/mol. The number of aromatic nitrogens is 4. The van der Waals surface area contributed by atoms with Gasteiger partial charge in [-0.3, -0.25) is 4.98 Å². The van der Waals surface area contributed by atoms with Gasteiger partial charge in [0.05, 0.1) is 42.8 Å². The van der Waals surface area contributed by atoms with Gasteiger partial charge in [-0.05, 0) is 31.7 Å². The third kappa shape index (κ3) is 4.55. The summed E-state index contributed by atoms with van der Waals surface area (Å²) in [4.78, 5) is 19.8. The lowest BCUT2D eigenvalue weighted by atomic mass is 9.93. The average molecular weight is 432 g/mol. The molecule has 0 amide bonds. The summed E-state index contributed by atoms with van der Waals surface area (Å²) in [5, 5.41) is 12.2. The van der Waals surface area contributed by atoms with Gasteiger partial charge in [0.1, 0.15) is 17.3 Å². The first kappa shape index (κ1) is 20.4. The number of anilines is 2. The van der Waals surface area contributed by atoms with E-state index in [4.69, 9.17) is 14.7 Å². The zero-order valence-corrected chi connectivity index (χ0v) is 17.8. The van der Waals surface area contributed by atoms with Crippen molar-refractivity contribution in [2.75, 3.05) is 36.5 Å². The highest BCUT2D eigenvalue weighted by molar-refractivity contribution is 5.85. The fourth-order valence-corrected chi connectivity index (χ4v) is 4.27. The SMILES string of the molecule is N#Cc1cnc(NC2CCC(Oc3cc(N4CCOCC4)cc4nccnc34)CC2)nc1. The first-order chi connectivity index (χ1) is 15.8. The minimum atomic E-state index is 0.125. The largest absolute Gasteiger partial charge is 0.488 e. The number of morpholine rings is 1. The highest BCUT2D eigenvalue weighted by Crippen LogP contribution is 2.33. The summed E-state index contributed by atoms with van der Waals surface area (Å²) >= 11 is 0. The first-order valence-corrected chi connectivity index (χ1v) is 11.0. The second kappa shape index (κ2) is 9.32. The Morgan fingerprint density at radius 3 is 2.50 bits per heavy atom. The fourth-order valence-electron chi connectivity index (χ4n) is 4.27. The van der Waals surface area contributed by atoms with Crippen LogP contribution in [-0.4, -0.2) is 58.4 Å². The van der Waals surface area contributed by atoms with Crippen molar-refractivity contribution < 1.29 is 9.47 Å². The molecule has 32 heavy (non-hydrogen) atoms. The maximum Gasteiger partial charge on any atom is 0.222 e. The molecule has 0 bridgehead atoms. The minimum absolute atomic E-state index is 0.125. The van der Waals surface area contributed by atoms with Gasteiger partial charge in [0.15, 0.2) is 0 Å². The molecule has 5 rings (SSSR count). The van der Waals surface area contributed by atoms with Crippen LogP contribution >= 0.6 is 0 Å². The standard InChI is InChI=1S/C23H25N7O2/c24-13-16-14-27-23(28-15-16)29-17-1-3-19(4-2-17)32-21-12-18(30-7-9-31-10-8-30)11-20-22(21)26-6-5-25-20/h5-6,11-12,14-15,17,19H,1-4,7-10H2,(H,27,28,29). The topological polar surface area (TPSA) is 109 Å². The minimum Gasteiger partial charge on any atom is -0.488 e. The van der Waals surface area contributed by atoms with Crippen molar-refractivity contribution >= 4 is 22.7 Å². The number of hydrogen-bond donors (Lipinski definition) is 1. The molecule has 9 heteroatoms. The van der Waals surface area contributed by atoms with Crippen LogP contribution in [0.25, 0.3) is 11.0 Å². The van der Waals surface area contributed by atoms with E-state index in [0.29, 0.717) is 17.6 Å². The summed E-state index contributed by atoms with van der Waals surface area (Å²) in [6, 6.07) is 6.50. The molecule has 1 saturated carbocycles. The number of fused-ring (bicyclic) bond motifs is 1. The van der Waals surface area contributed by atoms with Crippen molar-refractivity contribution in [2.45, 2.75) is 37.8 Å². The smallest absolute Gasteiger partial charge is 0.222 e. The van der Waals surface area contributed by atoms with Gasteiger partial charge in [0, 0.05) is 43.3 Å². The van der Waals surface area contributed by atoms with Crippen molar-refractivity contribution in [1.82, 2.24) is 19.9 Å². The lowest BCUT2D eigenvalue weighted by Gasteiger charge is -2.31. The van der Waals surface area contributed by atoms with E-state index in [2.05, 4.69) is 42.3 Å². The van der Waals surface area contributed by atoms with E-state index in [1.54, 1.807) is 12.4 Å². The molecule has 9 nitrogen and oxygen atoms in total. The second-order valence-corrected chi connectivity index (χ2v) is 8.11. The second-order valence-electron chi connectivity index (χ2n) is 8.11. The van der Waals surface area contributed by atoms with Gasteiger partial charge in [0.25, 0.3) is 0 Å². The third-order valence-corrected chi connectivity index (χ3v) is 5.98. The van der Waals surface area contributed by atoms with Crippen LogP contribution in [0.1, 0.15) is 31.2 Å². The van der Waals surface area contributed by atoms with Gasteiger partial charge >= 0.3 is 0 Å². The van der Waals surface area contributed by atoms with Crippen LogP contribution in [-0.2, 0) is 4.74 Å². The van der Waals surface area contributed by atoms with Crippen molar-refractivity contribution in [2.24, 2.45) is 0 Å². The molecule has 0 atom stereocenters. The van der Waals surface area contributed by atoms with Crippen LogP contribution in [0.5, 0.6) is 5.75 Å². The Balaban J connectivity index is 1.26. The highest BCUT2D eigenvalue weighted by Gasteiger charge is 2.24. The number of nitriles is 1. The van der Waals surface area contributed by atoms with Crippen LogP contribution < -0.4 is 15.0 Å². The van der Waals surface area contributed by atoms with Gasteiger partial charge < -0.3 is 19.7 Å². The van der Waals surface area contributed by atoms with E-state index in [1.165, 1.54) is 12.4 Å². The summed E-state index contributed by atoms with van der Waals surface area (Å²) in [7, 11) is 0. The molecule has 3 aromatic rings. The van der Waals surface area contributed by atoms with Gasteiger partial charge in [0.2, 0.25) is 5.95 Å². The lowest BCUT2D eigenvalue weighted by Crippen LogP contribution is -2.36. The van der Waals surface area contributed by atoms with E-state index in [1.807, 2.05) is 6.07 Å². The maximum absolute atomic E-state index is 8.88. The maximum atomic E-state index is 8.88. The van der Waals surface area contributed by atoms with E-state index in [0.717, 1.165) is 74.5 Å². The Morgan fingerprint density at radius 1 is 1.00 bits per heavy atom. The summed E-state index contributed by atoms with van der Waals surface area (Å²) in [6.45, 7) is 3.18. The van der Waals surface area contributed by atoms with E-state index in [-0.39, 0.29) is 6.10 Å². The van der Waals surface area contributed by atoms with Crippen LogP contribution in [0.4, 0.5) is 11.6 Å². The molecule has 1 aliphatic carbocycles. The summed E-state index contributed by atoms with van der Waals surface area (Å²) < 4.78 is 12.0. The molecule has 1 saturated heterocycles. The van der Waals surface area contributed by atoms with Crippen LogP contribution in [0.15, 0.2) is 36.9 Å².